The highest BCUT2D eigenvalue weighted by atomic mass is 16.5. The first kappa shape index (κ1) is 12.9. The van der Waals surface area contributed by atoms with Crippen molar-refractivity contribution in [2.75, 3.05) is 26.2 Å². The molecule has 2 atom stereocenters. The molecule has 0 spiro atoms. The first-order valence-corrected chi connectivity index (χ1v) is 6.33. The molecule has 2 unspecified atom stereocenters. The number of hydrogen-bond donors (Lipinski definition) is 1. The van der Waals surface area contributed by atoms with E-state index in [9.17, 15) is 0 Å². The van der Waals surface area contributed by atoms with Crippen LogP contribution in [0.25, 0.3) is 0 Å². The second-order valence-corrected chi connectivity index (χ2v) is 4.49. The molecule has 0 aromatic carbocycles. The fraction of sp³-hybridized carbons (Fsp3) is 1.00. The Balaban J connectivity index is 2.27. The number of nitrogens with two attached hydrogens (primary N) is 1. The van der Waals surface area contributed by atoms with Gasteiger partial charge < -0.3 is 10.5 Å². The van der Waals surface area contributed by atoms with Gasteiger partial charge in [-0.2, -0.15) is 0 Å². The third-order valence-corrected chi connectivity index (χ3v) is 3.26. The molecule has 0 aliphatic carbocycles. The Morgan fingerprint density at radius 3 is 3.00 bits per heavy atom. The van der Waals surface area contributed by atoms with Crippen molar-refractivity contribution in [2.45, 2.75) is 51.7 Å². The zero-order valence-corrected chi connectivity index (χ0v) is 10.2. The van der Waals surface area contributed by atoms with Gasteiger partial charge in [-0.3, -0.25) is 4.90 Å². The van der Waals surface area contributed by atoms with E-state index in [0.29, 0.717) is 12.1 Å². The third kappa shape index (κ3) is 4.49. The summed E-state index contributed by atoms with van der Waals surface area (Å²) in [5.41, 5.74) is 5.54. The van der Waals surface area contributed by atoms with Gasteiger partial charge in [0.15, 0.2) is 0 Å². The van der Waals surface area contributed by atoms with Gasteiger partial charge in [0.1, 0.15) is 0 Å². The van der Waals surface area contributed by atoms with Gasteiger partial charge >= 0.3 is 0 Å². The molecule has 1 aliphatic heterocycles. The minimum absolute atomic E-state index is 0.462. The molecule has 0 radical (unpaired) electrons. The van der Waals surface area contributed by atoms with Crippen molar-refractivity contribution in [3.05, 3.63) is 0 Å². The number of likely N-dealkylation sites (tertiary alicyclic amines) is 1. The molecule has 1 heterocycles. The lowest BCUT2D eigenvalue weighted by molar-refractivity contribution is -0.00614. The summed E-state index contributed by atoms with van der Waals surface area (Å²) in [5, 5.41) is 0. The smallest absolute Gasteiger partial charge is 0.0702 e. The Labute approximate surface area is 94.0 Å². The van der Waals surface area contributed by atoms with Crippen LogP contribution in [0.15, 0.2) is 0 Å². The van der Waals surface area contributed by atoms with E-state index in [1.54, 1.807) is 0 Å². The Hall–Kier alpha value is -0.120. The maximum Gasteiger partial charge on any atom is 0.0702 e. The van der Waals surface area contributed by atoms with Crippen molar-refractivity contribution in [3.63, 3.8) is 0 Å². The van der Waals surface area contributed by atoms with Crippen molar-refractivity contribution >= 4 is 0 Å². The van der Waals surface area contributed by atoms with Crippen molar-refractivity contribution in [2.24, 2.45) is 5.73 Å². The highest BCUT2D eigenvalue weighted by Crippen LogP contribution is 2.17. The zero-order chi connectivity index (χ0) is 11.1. The maximum atomic E-state index is 5.70. The van der Waals surface area contributed by atoms with E-state index < -0.39 is 0 Å². The Bertz CT molecular complexity index is 162. The van der Waals surface area contributed by atoms with E-state index in [1.807, 2.05) is 0 Å². The first-order chi connectivity index (χ1) is 7.27. The number of piperidine rings is 1. The van der Waals surface area contributed by atoms with Crippen LogP contribution in [0, 0.1) is 0 Å². The van der Waals surface area contributed by atoms with Crippen LogP contribution in [0.2, 0.25) is 0 Å². The van der Waals surface area contributed by atoms with Crippen LogP contribution in [0.4, 0.5) is 0 Å². The molecule has 0 saturated carbocycles. The highest BCUT2D eigenvalue weighted by molar-refractivity contribution is 4.77. The van der Waals surface area contributed by atoms with E-state index in [4.69, 9.17) is 10.5 Å². The van der Waals surface area contributed by atoms with Gasteiger partial charge in [0.25, 0.3) is 0 Å². The second-order valence-electron chi connectivity index (χ2n) is 4.49. The molecule has 0 aromatic heterocycles. The standard InChI is InChI=1S/C12H26N2O/c1-3-15-12-7-5-9-14(10-12)11(2)6-4-8-13/h11-12H,3-10,13H2,1-2H3. The molecule has 0 aromatic rings. The normalized spacial score (nSPS) is 25.4. The van der Waals surface area contributed by atoms with Crippen LogP contribution < -0.4 is 5.73 Å². The summed E-state index contributed by atoms with van der Waals surface area (Å²) >= 11 is 0. The summed E-state index contributed by atoms with van der Waals surface area (Å²) in [6, 6.07) is 0.664. The predicted octanol–water partition coefficient (Wildman–Crippen LogP) is 1.61. The van der Waals surface area contributed by atoms with Crippen molar-refractivity contribution < 1.29 is 4.74 Å². The molecule has 1 aliphatic rings. The van der Waals surface area contributed by atoms with Crippen molar-refractivity contribution in [3.8, 4) is 0 Å². The average Bonchev–Trinajstić information content (AvgIpc) is 2.27. The van der Waals surface area contributed by atoms with Crippen LogP contribution in [0.5, 0.6) is 0 Å². The molecular formula is C12H26N2O. The van der Waals surface area contributed by atoms with Crippen LogP contribution in [-0.2, 0) is 4.74 Å². The molecule has 2 N–H and O–H groups in total. The topological polar surface area (TPSA) is 38.5 Å². The lowest BCUT2D eigenvalue weighted by Crippen LogP contribution is -2.44. The summed E-state index contributed by atoms with van der Waals surface area (Å²) in [6.45, 7) is 8.39. The van der Waals surface area contributed by atoms with Gasteiger partial charge in [-0.15, -0.1) is 0 Å². The van der Waals surface area contributed by atoms with E-state index in [1.165, 1.54) is 25.8 Å². The molecular weight excluding hydrogens is 188 g/mol. The summed E-state index contributed by atoms with van der Waals surface area (Å²) in [7, 11) is 0. The van der Waals surface area contributed by atoms with E-state index in [2.05, 4.69) is 18.7 Å². The minimum Gasteiger partial charge on any atom is -0.377 e. The van der Waals surface area contributed by atoms with Crippen LogP contribution in [0.3, 0.4) is 0 Å². The Kier molecular flexibility index (Phi) is 6.22. The van der Waals surface area contributed by atoms with Gasteiger partial charge in [0.05, 0.1) is 6.10 Å². The van der Waals surface area contributed by atoms with Crippen molar-refractivity contribution in [1.82, 2.24) is 4.90 Å². The van der Waals surface area contributed by atoms with Crippen LogP contribution in [0.1, 0.15) is 39.5 Å². The Morgan fingerprint density at radius 2 is 2.33 bits per heavy atom. The molecule has 90 valence electrons. The van der Waals surface area contributed by atoms with Gasteiger partial charge in [0.2, 0.25) is 0 Å². The highest BCUT2D eigenvalue weighted by Gasteiger charge is 2.23. The fourth-order valence-electron chi connectivity index (χ4n) is 2.33. The largest absolute Gasteiger partial charge is 0.377 e. The van der Waals surface area contributed by atoms with Crippen LogP contribution in [-0.4, -0.2) is 43.3 Å². The molecule has 0 bridgehead atoms. The van der Waals surface area contributed by atoms with E-state index >= 15 is 0 Å². The first-order valence-electron chi connectivity index (χ1n) is 6.33. The predicted molar refractivity (Wildman–Crippen MR) is 64.0 cm³/mol. The quantitative estimate of drug-likeness (QED) is 0.730. The van der Waals surface area contributed by atoms with Gasteiger partial charge in [-0.25, -0.2) is 0 Å². The molecule has 3 heteroatoms. The zero-order valence-electron chi connectivity index (χ0n) is 10.2. The van der Waals surface area contributed by atoms with Crippen LogP contribution >= 0.6 is 0 Å². The Morgan fingerprint density at radius 1 is 1.53 bits per heavy atom. The summed E-state index contributed by atoms with van der Waals surface area (Å²) in [6.07, 6.45) is 5.32. The fourth-order valence-corrected chi connectivity index (χ4v) is 2.33. The molecule has 3 nitrogen and oxygen atoms in total. The number of ether oxygens (including phenoxy) is 1. The van der Waals surface area contributed by atoms with Gasteiger partial charge in [0, 0.05) is 19.2 Å². The lowest BCUT2D eigenvalue weighted by atomic mass is 10.0. The lowest BCUT2D eigenvalue weighted by Gasteiger charge is -2.36. The summed E-state index contributed by atoms with van der Waals surface area (Å²) < 4.78 is 5.70. The van der Waals surface area contributed by atoms with Gasteiger partial charge in [-0.05, 0) is 52.6 Å². The number of hydrogen-bond acceptors (Lipinski definition) is 3. The molecule has 15 heavy (non-hydrogen) atoms. The monoisotopic (exact) mass is 214 g/mol. The van der Waals surface area contributed by atoms with E-state index in [0.717, 1.165) is 26.1 Å². The second kappa shape index (κ2) is 7.20. The maximum absolute atomic E-state index is 5.70. The average molecular weight is 214 g/mol. The number of rotatable bonds is 6. The van der Waals surface area contributed by atoms with Gasteiger partial charge in [-0.1, -0.05) is 0 Å². The molecule has 1 saturated heterocycles. The summed E-state index contributed by atoms with van der Waals surface area (Å²) in [5.74, 6) is 0. The third-order valence-electron chi connectivity index (χ3n) is 3.26. The molecule has 1 rings (SSSR count). The molecule has 0 amide bonds. The molecule has 1 fully saturated rings. The number of nitrogens with zero attached hydrogens (tertiary/aromatic N) is 1. The van der Waals surface area contributed by atoms with E-state index in [-0.39, 0.29) is 0 Å². The minimum atomic E-state index is 0.462. The SMILES string of the molecule is CCOC1CCCN(C(C)CCCN)C1. The summed E-state index contributed by atoms with van der Waals surface area (Å²) in [4.78, 5) is 2.56. The van der Waals surface area contributed by atoms with Crippen molar-refractivity contribution in [1.29, 1.82) is 0 Å².